The number of benzene rings is 1. The molecule has 1 aromatic carbocycles. The van der Waals surface area contributed by atoms with Crippen LogP contribution in [0.15, 0.2) is 5.76 Å². The van der Waals surface area contributed by atoms with Gasteiger partial charge in [0.2, 0.25) is 17.7 Å². The zero-order chi connectivity index (χ0) is 13.8. The van der Waals surface area contributed by atoms with E-state index in [2.05, 4.69) is 0 Å². The first-order chi connectivity index (χ1) is 8.29. The second-order valence-electron chi connectivity index (χ2n) is 3.57. The van der Waals surface area contributed by atoms with Crippen molar-refractivity contribution < 1.29 is 41.0 Å². The van der Waals surface area contributed by atoms with Gasteiger partial charge in [0.15, 0.2) is 23.0 Å². The third-order valence-corrected chi connectivity index (χ3v) is 2.56. The molecular formula is C9H9NO8. The van der Waals surface area contributed by atoms with Crippen molar-refractivity contribution in [1.82, 2.24) is 0 Å². The van der Waals surface area contributed by atoms with Crippen LogP contribution in [0.25, 0.3) is 5.76 Å². The molecule has 2 rings (SSSR count). The number of phenolic OH excluding ortho intramolecular Hbond substituents is 4. The van der Waals surface area contributed by atoms with Gasteiger partial charge >= 0.3 is 0 Å². The van der Waals surface area contributed by atoms with Gasteiger partial charge in [0.25, 0.3) is 0 Å². The number of fused-ring (bicyclic) bond motifs is 1. The van der Waals surface area contributed by atoms with E-state index in [0.29, 0.717) is 0 Å². The molecule has 98 valence electrons. The first-order valence-corrected chi connectivity index (χ1v) is 4.57. The third-order valence-electron chi connectivity index (χ3n) is 2.56. The first-order valence-electron chi connectivity index (χ1n) is 4.57. The highest BCUT2D eigenvalue weighted by molar-refractivity contribution is 5.89. The predicted octanol–water partition coefficient (Wildman–Crippen LogP) is -0.179. The molecule has 8 N–H and O–H groups in total. The van der Waals surface area contributed by atoms with E-state index in [-0.39, 0.29) is 5.06 Å². The summed E-state index contributed by atoms with van der Waals surface area (Å²) in [6, 6.07) is 0. The lowest BCUT2D eigenvalue weighted by molar-refractivity contribution is 0.0551. The van der Waals surface area contributed by atoms with Crippen molar-refractivity contribution >= 4 is 11.4 Å². The van der Waals surface area contributed by atoms with E-state index >= 15 is 0 Å². The molecule has 1 heterocycles. The van der Waals surface area contributed by atoms with Crippen LogP contribution in [0.5, 0.6) is 23.0 Å². The molecule has 0 saturated carbocycles. The number of phenols is 4. The molecule has 0 saturated heterocycles. The quantitative estimate of drug-likeness (QED) is 0.233. The summed E-state index contributed by atoms with van der Waals surface area (Å²) < 4.78 is 0. The molecule has 9 heteroatoms. The van der Waals surface area contributed by atoms with Crippen molar-refractivity contribution in [2.24, 2.45) is 0 Å². The van der Waals surface area contributed by atoms with Gasteiger partial charge in [-0.25, -0.2) is 5.06 Å². The Labute approximate surface area is 98.9 Å². The molecule has 1 aliphatic heterocycles. The van der Waals surface area contributed by atoms with E-state index in [0.717, 1.165) is 0 Å². The van der Waals surface area contributed by atoms with Crippen molar-refractivity contribution in [2.45, 2.75) is 6.23 Å². The van der Waals surface area contributed by atoms with Crippen LogP contribution in [-0.2, 0) is 0 Å². The van der Waals surface area contributed by atoms with Crippen molar-refractivity contribution in [3.05, 3.63) is 11.3 Å². The van der Waals surface area contributed by atoms with Crippen molar-refractivity contribution in [2.75, 3.05) is 5.06 Å². The van der Waals surface area contributed by atoms with Gasteiger partial charge in [-0.3, -0.25) is 5.21 Å². The smallest absolute Gasteiger partial charge is 0.213 e. The van der Waals surface area contributed by atoms with Gasteiger partial charge in [-0.2, -0.15) is 0 Å². The molecule has 0 aromatic heterocycles. The molecule has 0 spiro atoms. The lowest BCUT2D eigenvalue weighted by Gasteiger charge is -2.30. The van der Waals surface area contributed by atoms with Crippen LogP contribution in [0.1, 0.15) is 5.56 Å². The van der Waals surface area contributed by atoms with Gasteiger partial charge in [-0.1, -0.05) is 0 Å². The molecule has 0 amide bonds. The fourth-order valence-electron chi connectivity index (χ4n) is 1.62. The maximum Gasteiger partial charge on any atom is 0.213 e. The largest absolute Gasteiger partial charge is 0.505 e. The Morgan fingerprint density at radius 3 is 1.83 bits per heavy atom. The van der Waals surface area contributed by atoms with Crippen LogP contribution in [0.3, 0.4) is 0 Å². The van der Waals surface area contributed by atoms with Crippen LogP contribution in [0, 0.1) is 0 Å². The number of aliphatic hydroxyl groups excluding tert-OH is 3. The van der Waals surface area contributed by atoms with Gasteiger partial charge < -0.3 is 35.7 Å². The Balaban J connectivity index is 2.92. The van der Waals surface area contributed by atoms with Crippen LogP contribution >= 0.6 is 0 Å². The van der Waals surface area contributed by atoms with Gasteiger partial charge in [-0.15, -0.1) is 0 Å². The molecule has 1 unspecified atom stereocenters. The molecule has 0 aliphatic carbocycles. The standard InChI is InChI=1S/C9H9NO8/c11-3-1-2(5(13)7(15)6(3)14)10(18)9(17)8(16)4(1)12/h9,11-18H. The molecule has 1 aliphatic rings. The summed E-state index contributed by atoms with van der Waals surface area (Å²) in [6.07, 6.45) is -2.10. The Morgan fingerprint density at radius 2 is 1.28 bits per heavy atom. The molecule has 9 nitrogen and oxygen atoms in total. The zero-order valence-corrected chi connectivity index (χ0v) is 8.60. The SMILES string of the molecule is OC1=C(O)C(O)N(O)c2c(O)c(O)c(O)c(O)c21. The van der Waals surface area contributed by atoms with Crippen LogP contribution in [-0.4, -0.2) is 47.2 Å². The number of hydrogen-bond acceptors (Lipinski definition) is 9. The zero-order valence-electron chi connectivity index (χ0n) is 8.60. The van der Waals surface area contributed by atoms with E-state index in [1.54, 1.807) is 0 Å². The molecule has 0 fully saturated rings. The number of nitrogens with zero attached hydrogens (tertiary/aromatic N) is 1. The minimum absolute atomic E-state index is 0.0986. The summed E-state index contributed by atoms with van der Waals surface area (Å²) in [5.74, 6) is -6.67. The number of hydrogen-bond donors (Lipinski definition) is 8. The Hall–Kier alpha value is -2.52. The molecule has 1 atom stereocenters. The van der Waals surface area contributed by atoms with E-state index < -0.39 is 52.0 Å². The molecule has 1 aromatic rings. The van der Waals surface area contributed by atoms with E-state index in [1.807, 2.05) is 0 Å². The summed E-state index contributed by atoms with van der Waals surface area (Å²) >= 11 is 0. The lowest BCUT2D eigenvalue weighted by atomic mass is 10.0. The summed E-state index contributed by atoms with van der Waals surface area (Å²) in [7, 11) is 0. The topological polar surface area (TPSA) is 165 Å². The maximum absolute atomic E-state index is 9.51. The number of anilines is 1. The van der Waals surface area contributed by atoms with Crippen LogP contribution in [0.4, 0.5) is 5.69 Å². The number of rotatable bonds is 0. The minimum Gasteiger partial charge on any atom is -0.505 e. The molecule has 0 bridgehead atoms. The average Bonchev–Trinajstić information content (AvgIpc) is 2.35. The number of aromatic hydroxyl groups is 4. The van der Waals surface area contributed by atoms with Crippen molar-refractivity contribution in [3.63, 3.8) is 0 Å². The highest BCUT2D eigenvalue weighted by atomic mass is 16.5. The monoisotopic (exact) mass is 259 g/mol. The van der Waals surface area contributed by atoms with Crippen molar-refractivity contribution in [1.29, 1.82) is 0 Å². The second-order valence-corrected chi connectivity index (χ2v) is 3.57. The normalized spacial score (nSPS) is 19.0. The summed E-state index contributed by atoms with van der Waals surface area (Å²) in [5.41, 5.74) is -1.52. The Bertz CT molecular complexity index is 566. The van der Waals surface area contributed by atoms with E-state index in [9.17, 15) is 41.0 Å². The third kappa shape index (κ3) is 1.22. The Kier molecular flexibility index (Phi) is 2.31. The van der Waals surface area contributed by atoms with Gasteiger partial charge in [0.05, 0.1) is 5.56 Å². The summed E-state index contributed by atoms with van der Waals surface area (Å²) in [6.45, 7) is 0. The first kappa shape index (κ1) is 12.0. The van der Waals surface area contributed by atoms with Crippen molar-refractivity contribution in [3.8, 4) is 23.0 Å². The summed E-state index contributed by atoms with van der Waals surface area (Å²) in [5, 5.41) is 75.0. The number of aliphatic hydroxyl groups is 3. The molecule has 0 radical (unpaired) electrons. The fourth-order valence-corrected chi connectivity index (χ4v) is 1.62. The van der Waals surface area contributed by atoms with Gasteiger partial charge in [0.1, 0.15) is 5.69 Å². The second kappa shape index (κ2) is 3.48. The van der Waals surface area contributed by atoms with Crippen LogP contribution in [0.2, 0.25) is 0 Å². The lowest BCUT2D eigenvalue weighted by Crippen LogP contribution is -2.37. The minimum atomic E-state index is -2.10. The van der Waals surface area contributed by atoms with E-state index in [1.165, 1.54) is 0 Å². The average molecular weight is 259 g/mol. The number of hydroxylamine groups is 1. The van der Waals surface area contributed by atoms with Crippen LogP contribution < -0.4 is 5.06 Å². The maximum atomic E-state index is 9.51. The fraction of sp³-hybridized carbons (Fsp3) is 0.111. The predicted molar refractivity (Wildman–Crippen MR) is 55.6 cm³/mol. The Morgan fingerprint density at radius 1 is 0.778 bits per heavy atom. The van der Waals surface area contributed by atoms with Gasteiger partial charge in [0, 0.05) is 0 Å². The summed E-state index contributed by atoms with van der Waals surface area (Å²) in [4.78, 5) is 0. The highest BCUT2D eigenvalue weighted by Gasteiger charge is 2.39. The molecular weight excluding hydrogens is 250 g/mol. The van der Waals surface area contributed by atoms with E-state index in [4.69, 9.17) is 0 Å². The molecule has 18 heavy (non-hydrogen) atoms. The van der Waals surface area contributed by atoms with Gasteiger partial charge in [-0.05, 0) is 0 Å². The highest BCUT2D eigenvalue weighted by Crippen LogP contribution is 2.55.